The van der Waals surface area contributed by atoms with Crippen LogP contribution in [-0.2, 0) is 0 Å². The van der Waals surface area contributed by atoms with Crippen molar-refractivity contribution in [2.24, 2.45) is 11.8 Å². The average molecular weight is 212 g/mol. The fourth-order valence-electron chi connectivity index (χ4n) is 1.76. The second-order valence-electron chi connectivity index (χ2n) is 5.53. The average Bonchev–Trinajstić information content (AvgIpc) is 2.95. The zero-order valence-electron chi connectivity index (χ0n) is 10.7. The lowest BCUT2D eigenvalue weighted by Gasteiger charge is -2.13. The molecule has 1 atom stereocenters. The molecule has 1 aliphatic rings. The van der Waals surface area contributed by atoms with Crippen LogP contribution in [0, 0.1) is 11.8 Å². The molecule has 1 saturated carbocycles. The molecule has 0 aromatic heterocycles. The number of hydrogen-bond donors (Lipinski definition) is 2. The van der Waals surface area contributed by atoms with E-state index in [4.69, 9.17) is 0 Å². The van der Waals surface area contributed by atoms with Gasteiger partial charge in [0.2, 0.25) is 0 Å². The first kappa shape index (κ1) is 13.0. The summed E-state index contributed by atoms with van der Waals surface area (Å²) < 4.78 is 0. The monoisotopic (exact) mass is 212 g/mol. The van der Waals surface area contributed by atoms with E-state index in [0.29, 0.717) is 0 Å². The molecule has 0 aromatic rings. The van der Waals surface area contributed by atoms with E-state index in [-0.39, 0.29) is 0 Å². The van der Waals surface area contributed by atoms with Gasteiger partial charge in [0.15, 0.2) is 0 Å². The summed E-state index contributed by atoms with van der Waals surface area (Å²) >= 11 is 0. The minimum absolute atomic E-state index is 0.772. The van der Waals surface area contributed by atoms with Crippen LogP contribution in [-0.4, -0.2) is 25.7 Å². The van der Waals surface area contributed by atoms with Gasteiger partial charge < -0.3 is 10.6 Å². The van der Waals surface area contributed by atoms with Crippen molar-refractivity contribution >= 4 is 0 Å². The van der Waals surface area contributed by atoms with E-state index in [0.717, 1.165) is 24.4 Å². The van der Waals surface area contributed by atoms with E-state index in [2.05, 4.69) is 31.4 Å². The van der Waals surface area contributed by atoms with Crippen LogP contribution in [0.4, 0.5) is 0 Å². The minimum Gasteiger partial charge on any atom is -0.316 e. The van der Waals surface area contributed by atoms with Gasteiger partial charge in [-0.15, -0.1) is 0 Å². The fourth-order valence-corrected chi connectivity index (χ4v) is 1.76. The molecule has 1 unspecified atom stereocenters. The Morgan fingerprint density at radius 3 is 2.47 bits per heavy atom. The van der Waals surface area contributed by atoms with E-state index >= 15 is 0 Å². The van der Waals surface area contributed by atoms with Crippen LogP contribution in [0.2, 0.25) is 0 Å². The molecule has 15 heavy (non-hydrogen) atoms. The number of rotatable bonds is 9. The Balaban J connectivity index is 1.81. The largest absolute Gasteiger partial charge is 0.316 e. The normalized spacial score (nSPS) is 18.4. The quantitative estimate of drug-likeness (QED) is 0.574. The van der Waals surface area contributed by atoms with Crippen LogP contribution in [0.15, 0.2) is 0 Å². The van der Waals surface area contributed by atoms with Crippen LogP contribution in [0.1, 0.15) is 46.5 Å². The zero-order valence-corrected chi connectivity index (χ0v) is 10.7. The molecule has 0 saturated heterocycles. The van der Waals surface area contributed by atoms with E-state index in [9.17, 15) is 0 Å². The molecular formula is C13H28N2. The van der Waals surface area contributed by atoms with Crippen LogP contribution < -0.4 is 10.6 Å². The lowest BCUT2D eigenvalue weighted by molar-refractivity contribution is 0.438. The van der Waals surface area contributed by atoms with Gasteiger partial charge >= 0.3 is 0 Å². The van der Waals surface area contributed by atoms with E-state index in [1.54, 1.807) is 0 Å². The van der Waals surface area contributed by atoms with Crippen LogP contribution in [0.5, 0.6) is 0 Å². The molecule has 1 fully saturated rings. The highest BCUT2D eigenvalue weighted by Gasteiger charge is 2.19. The maximum Gasteiger partial charge on any atom is 0.00682 e. The lowest BCUT2D eigenvalue weighted by Crippen LogP contribution is -2.26. The van der Waals surface area contributed by atoms with Gasteiger partial charge in [-0.3, -0.25) is 0 Å². The summed E-state index contributed by atoms with van der Waals surface area (Å²) in [7, 11) is 0. The van der Waals surface area contributed by atoms with Gasteiger partial charge in [-0.2, -0.15) is 0 Å². The van der Waals surface area contributed by atoms with Gasteiger partial charge in [0.1, 0.15) is 0 Å². The molecule has 2 N–H and O–H groups in total. The second kappa shape index (κ2) is 7.24. The highest BCUT2D eigenvalue weighted by atomic mass is 14.9. The molecule has 0 bridgehead atoms. The van der Waals surface area contributed by atoms with E-state index in [1.165, 1.54) is 38.8 Å². The molecule has 0 radical (unpaired) electrons. The third-order valence-corrected chi connectivity index (χ3v) is 2.93. The van der Waals surface area contributed by atoms with Gasteiger partial charge in [0.25, 0.3) is 0 Å². The highest BCUT2D eigenvalue weighted by Crippen LogP contribution is 2.18. The first-order valence-corrected chi connectivity index (χ1v) is 6.62. The maximum absolute atomic E-state index is 3.57. The van der Waals surface area contributed by atoms with Crippen molar-refractivity contribution in [1.82, 2.24) is 10.6 Å². The topological polar surface area (TPSA) is 24.1 Å². The summed E-state index contributed by atoms with van der Waals surface area (Å²) in [4.78, 5) is 0. The second-order valence-corrected chi connectivity index (χ2v) is 5.53. The zero-order chi connectivity index (χ0) is 11.1. The summed E-state index contributed by atoms with van der Waals surface area (Å²) in [6.45, 7) is 10.4. The molecular weight excluding hydrogens is 184 g/mol. The third-order valence-electron chi connectivity index (χ3n) is 2.93. The summed E-state index contributed by atoms with van der Waals surface area (Å²) in [5.41, 5.74) is 0. The Morgan fingerprint density at radius 2 is 1.87 bits per heavy atom. The molecule has 2 nitrogen and oxygen atoms in total. The van der Waals surface area contributed by atoms with Crippen molar-refractivity contribution in [3.05, 3.63) is 0 Å². The molecule has 1 aliphatic carbocycles. The Hall–Kier alpha value is -0.0800. The minimum atomic E-state index is 0.772. The van der Waals surface area contributed by atoms with Crippen molar-refractivity contribution < 1.29 is 0 Å². The Bertz CT molecular complexity index is 153. The van der Waals surface area contributed by atoms with E-state index in [1.807, 2.05) is 0 Å². The number of hydrogen-bond acceptors (Lipinski definition) is 2. The van der Waals surface area contributed by atoms with E-state index < -0.39 is 0 Å². The molecule has 1 rings (SSSR count). The summed E-state index contributed by atoms with van der Waals surface area (Å²) in [5, 5.41) is 7.09. The Morgan fingerprint density at radius 1 is 1.13 bits per heavy atom. The third kappa shape index (κ3) is 7.80. The van der Waals surface area contributed by atoms with Gasteiger partial charge in [-0.05, 0) is 57.2 Å². The molecule has 0 amide bonds. The van der Waals surface area contributed by atoms with Crippen molar-refractivity contribution in [2.75, 3.05) is 19.6 Å². The summed E-state index contributed by atoms with van der Waals surface area (Å²) in [6, 6.07) is 0.874. The molecule has 0 spiro atoms. The van der Waals surface area contributed by atoms with Gasteiger partial charge in [-0.25, -0.2) is 0 Å². The highest BCUT2D eigenvalue weighted by molar-refractivity contribution is 4.80. The van der Waals surface area contributed by atoms with Gasteiger partial charge in [0, 0.05) is 6.04 Å². The van der Waals surface area contributed by atoms with Crippen molar-refractivity contribution in [1.29, 1.82) is 0 Å². The molecule has 90 valence electrons. The molecule has 0 aliphatic heterocycles. The predicted octanol–water partition coefficient (Wildman–Crippen LogP) is 2.40. The Labute approximate surface area is 95.2 Å². The summed E-state index contributed by atoms with van der Waals surface area (Å²) in [5.74, 6) is 1.60. The van der Waals surface area contributed by atoms with Crippen LogP contribution in [0.25, 0.3) is 0 Å². The smallest absolute Gasteiger partial charge is 0.00682 e. The molecule has 2 heteroatoms. The fraction of sp³-hybridized carbons (Fsp3) is 1.00. The summed E-state index contributed by atoms with van der Waals surface area (Å²) in [6.07, 6.45) is 5.50. The first-order chi connectivity index (χ1) is 7.18. The van der Waals surface area contributed by atoms with Crippen LogP contribution in [0.3, 0.4) is 0 Å². The van der Waals surface area contributed by atoms with Gasteiger partial charge in [-0.1, -0.05) is 20.8 Å². The van der Waals surface area contributed by atoms with Crippen molar-refractivity contribution in [3.63, 3.8) is 0 Å². The molecule has 0 heterocycles. The maximum atomic E-state index is 3.57. The number of nitrogens with one attached hydrogen (secondary N) is 2. The van der Waals surface area contributed by atoms with Crippen molar-refractivity contribution in [2.45, 2.75) is 52.5 Å². The lowest BCUT2D eigenvalue weighted by atomic mass is 10.1. The predicted molar refractivity (Wildman–Crippen MR) is 67.1 cm³/mol. The molecule has 0 aromatic carbocycles. The SMILES string of the molecule is CC(C)CNCC(C)CCCNC1CC1. The standard InChI is InChI=1S/C13H28N2/c1-11(2)9-14-10-12(3)5-4-8-15-13-6-7-13/h11-15H,4-10H2,1-3H3. The van der Waals surface area contributed by atoms with Crippen molar-refractivity contribution in [3.8, 4) is 0 Å². The van der Waals surface area contributed by atoms with Gasteiger partial charge in [0.05, 0.1) is 0 Å². The Kier molecular flexibility index (Phi) is 6.26. The van der Waals surface area contributed by atoms with Crippen LogP contribution >= 0.6 is 0 Å². The first-order valence-electron chi connectivity index (χ1n) is 6.62.